The van der Waals surface area contributed by atoms with Gasteiger partial charge in [-0.15, -0.1) is 0 Å². The average molecular weight is 310 g/mol. The molecule has 1 aromatic carbocycles. The highest BCUT2D eigenvalue weighted by Gasteiger charge is 2.13. The van der Waals surface area contributed by atoms with Crippen LogP contribution in [0.3, 0.4) is 0 Å². The number of H-pyrrole nitrogens is 1. The average Bonchev–Trinajstić information content (AvgIpc) is 2.55. The fourth-order valence-corrected chi connectivity index (χ4v) is 2.41. The predicted molar refractivity (Wildman–Crippen MR) is 85.9 cm³/mol. The fourth-order valence-electron chi connectivity index (χ4n) is 2.41. The summed E-state index contributed by atoms with van der Waals surface area (Å²) in [6.07, 6.45) is 2.84. The van der Waals surface area contributed by atoms with Gasteiger partial charge in [-0.3, -0.25) is 4.79 Å². The number of carbonyl (C=O) groups is 1. The van der Waals surface area contributed by atoms with E-state index in [-0.39, 0.29) is 5.56 Å². The number of nitrogens with one attached hydrogen (secondary N) is 1. The normalized spacial score (nSPS) is 10.7. The van der Waals surface area contributed by atoms with Gasteiger partial charge >= 0.3 is 5.97 Å². The lowest BCUT2D eigenvalue weighted by molar-refractivity contribution is 0.0695. The smallest absolute Gasteiger partial charge is 0.341 e. The Balaban J connectivity index is 2.23. The van der Waals surface area contributed by atoms with Gasteiger partial charge in [-0.25, -0.2) is 9.78 Å². The summed E-state index contributed by atoms with van der Waals surface area (Å²) in [5.41, 5.74) is 1.25. The molecule has 0 atom stereocenters. The summed E-state index contributed by atoms with van der Waals surface area (Å²) in [4.78, 5) is 30.4. The van der Waals surface area contributed by atoms with Crippen LogP contribution in [0, 0.1) is 0 Å². The molecule has 3 aromatic rings. The first-order valence-corrected chi connectivity index (χ1v) is 7.08. The summed E-state index contributed by atoms with van der Waals surface area (Å²) in [6, 6.07) is 8.84. The molecule has 2 aromatic heterocycles. The van der Waals surface area contributed by atoms with E-state index in [0.717, 1.165) is 11.1 Å². The summed E-state index contributed by atoms with van der Waals surface area (Å²) < 4.78 is 5.50. The number of carboxylic acid groups (broad SMARTS) is 1. The number of ether oxygens (including phenoxy) is 1. The van der Waals surface area contributed by atoms with Gasteiger partial charge in [-0.1, -0.05) is 6.07 Å². The number of carboxylic acids is 1. The van der Waals surface area contributed by atoms with Crippen LogP contribution in [0.2, 0.25) is 0 Å². The number of hydrogen-bond acceptors (Lipinski definition) is 4. The quantitative estimate of drug-likeness (QED) is 0.773. The number of aromatic nitrogens is 2. The minimum atomic E-state index is -1.25. The molecule has 0 bridgehead atoms. The SMILES string of the molecule is CCOc1ncccc1-c1ccc2[nH]cc(C(=O)O)c(=O)c2c1. The molecule has 0 spiro atoms. The zero-order valence-electron chi connectivity index (χ0n) is 12.4. The molecule has 2 heterocycles. The summed E-state index contributed by atoms with van der Waals surface area (Å²) in [6.45, 7) is 2.34. The standard InChI is InChI=1S/C17H14N2O4/c1-2-23-16-11(4-3-7-18-16)10-5-6-14-12(8-10)15(20)13(9-19-14)17(21)22/h3-9H,2H2,1H3,(H,19,20)(H,21,22). The highest BCUT2D eigenvalue weighted by molar-refractivity contribution is 5.93. The molecule has 0 aliphatic carbocycles. The van der Waals surface area contributed by atoms with Crippen LogP contribution in [0.5, 0.6) is 5.88 Å². The lowest BCUT2D eigenvalue weighted by Gasteiger charge is -2.09. The molecule has 2 N–H and O–H groups in total. The summed E-state index contributed by atoms with van der Waals surface area (Å²) in [5, 5.41) is 9.39. The van der Waals surface area contributed by atoms with Gasteiger partial charge in [0.05, 0.1) is 6.61 Å². The number of benzene rings is 1. The summed E-state index contributed by atoms with van der Waals surface area (Å²) in [5.74, 6) is -0.782. The molecule has 0 radical (unpaired) electrons. The van der Waals surface area contributed by atoms with Crippen LogP contribution in [0.4, 0.5) is 0 Å². The molecule has 0 amide bonds. The first kappa shape index (κ1) is 14.8. The monoisotopic (exact) mass is 310 g/mol. The third-order valence-corrected chi connectivity index (χ3v) is 3.47. The van der Waals surface area contributed by atoms with E-state index in [0.29, 0.717) is 23.4 Å². The summed E-state index contributed by atoms with van der Waals surface area (Å²) in [7, 11) is 0. The number of fused-ring (bicyclic) bond motifs is 1. The van der Waals surface area contributed by atoms with Crippen molar-refractivity contribution in [3.8, 4) is 17.0 Å². The van der Waals surface area contributed by atoms with Gasteiger partial charge in [0.2, 0.25) is 11.3 Å². The molecule has 0 saturated heterocycles. The molecule has 6 heteroatoms. The topological polar surface area (TPSA) is 92.3 Å². The largest absolute Gasteiger partial charge is 0.478 e. The Hall–Kier alpha value is -3.15. The number of nitrogens with zero attached hydrogens (tertiary/aromatic N) is 1. The van der Waals surface area contributed by atoms with E-state index in [1.807, 2.05) is 19.1 Å². The second-order valence-corrected chi connectivity index (χ2v) is 4.89. The third kappa shape index (κ3) is 2.66. The van der Waals surface area contributed by atoms with Crippen molar-refractivity contribution in [2.45, 2.75) is 6.92 Å². The van der Waals surface area contributed by atoms with Gasteiger partial charge in [0.1, 0.15) is 5.56 Å². The minimum absolute atomic E-state index is 0.286. The second-order valence-electron chi connectivity index (χ2n) is 4.89. The van der Waals surface area contributed by atoms with Gasteiger partial charge in [0.15, 0.2) is 0 Å². The van der Waals surface area contributed by atoms with E-state index in [9.17, 15) is 9.59 Å². The number of pyridine rings is 2. The van der Waals surface area contributed by atoms with Crippen molar-refractivity contribution in [1.29, 1.82) is 0 Å². The summed E-state index contributed by atoms with van der Waals surface area (Å²) >= 11 is 0. The Labute approximate surface area is 131 Å². The number of aromatic carboxylic acids is 1. The lowest BCUT2D eigenvalue weighted by atomic mass is 10.0. The maximum Gasteiger partial charge on any atom is 0.341 e. The van der Waals surface area contributed by atoms with Crippen LogP contribution >= 0.6 is 0 Å². The molecule has 116 valence electrons. The Morgan fingerprint density at radius 1 is 1.35 bits per heavy atom. The highest BCUT2D eigenvalue weighted by Crippen LogP contribution is 2.29. The molecule has 3 rings (SSSR count). The Bertz CT molecular complexity index is 947. The number of aromatic amines is 1. The highest BCUT2D eigenvalue weighted by atomic mass is 16.5. The molecular formula is C17H14N2O4. The maximum absolute atomic E-state index is 12.3. The molecule has 0 aliphatic heterocycles. The molecule has 0 aliphatic rings. The zero-order valence-corrected chi connectivity index (χ0v) is 12.4. The van der Waals surface area contributed by atoms with E-state index in [1.165, 1.54) is 6.20 Å². The molecular weight excluding hydrogens is 296 g/mol. The second kappa shape index (κ2) is 5.92. The minimum Gasteiger partial charge on any atom is -0.478 e. The van der Waals surface area contributed by atoms with Crippen molar-refractivity contribution in [1.82, 2.24) is 9.97 Å². The molecule has 23 heavy (non-hydrogen) atoms. The zero-order chi connectivity index (χ0) is 16.4. The van der Waals surface area contributed by atoms with E-state index in [2.05, 4.69) is 9.97 Å². The van der Waals surface area contributed by atoms with Crippen LogP contribution in [0.15, 0.2) is 47.5 Å². The lowest BCUT2D eigenvalue weighted by Crippen LogP contribution is -2.15. The van der Waals surface area contributed by atoms with Crippen molar-refractivity contribution < 1.29 is 14.6 Å². The van der Waals surface area contributed by atoms with Crippen LogP contribution < -0.4 is 10.2 Å². The van der Waals surface area contributed by atoms with Gasteiger partial charge < -0.3 is 14.8 Å². The van der Waals surface area contributed by atoms with Crippen molar-refractivity contribution in [3.63, 3.8) is 0 Å². The van der Waals surface area contributed by atoms with Crippen molar-refractivity contribution in [2.75, 3.05) is 6.61 Å². The maximum atomic E-state index is 12.3. The van der Waals surface area contributed by atoms with Crippen LogP contribution in [-0.4, -0.2) is 27.7 Å². The molecule has 0 saturated carbocycles. The third-order valence-electron chi connectivity index (χ3n) is 3.47. The van der Waals surface area contributed by atoms with Crippen LogP contribution in [0.1, 0.15) is 17.3 Å². The van der Waals surface area contributed by atoms with E-state index in [1.54, 1.807) is 24.4 Å². The number of hydrogen-bond donors (Lipinski definition) is 2. The van der Waals surface area contributed by atoms with E-state index >= 15 is 0 Å². The Morgan fingerprint density at radius 3 is 2.91 bits per heavy atom. The van der Waals surface area contributed by atoms with Crippen molar-refractivity contribution in [3.05, 3.63) is 58.5 Å². The molecule has 0 unspecified atom stereocenters. The van der Waals surface area contributed by atoms with Crippen LogP contribution in [-0.2, 0) is 0 Å². The van der Waals surface area contributed by atoms with Gasteiger partial charge in [-0.05, 0) is 36.8 Å². The molecule has 0 fully saturated rings. The predicted octanol–water partition coefficient (Wildman–Crippen LogP) is 2.69. The van der Waals surface area contributed by atoms with Gasteiger partial charge in [-0.2, -0.15) is 0 Å². The van der Waals surface area contributed by atoms with Crippen molar-refractivity contribution >= 4 is 16.9 Å². The Morgan fingerprint density at radius 2 is 2.17 bits per heavy atom. The van der Waals surface area contributed by atoms with Gasteiger partial charge in [0, 0.05) is 28.9 Å². The van der Waals surface area contributed by atoms with Gasteiger partial charge in [0.25, 0.3) is 0 Å². The van der Waals surface area contributed by atoms with Crippen LogP contribution in [0.25, 0.3) is 22.0 Å². The van der Waals surface area contributed by atoms with E-state index < -0.39 is 11.4 Å². The Kier molecular flexibility index (Phi) is 3.80. The fraction of sp³-hybridized carbons (Fsp3) is 0.118. The molecule has 6 nitrogen and oxygen atoms in total. The van der Waals surface area contributed by atoms with E-state index in [4.69, 9.17) is 9.84 Å². The van der Waals surface area contributed by atoms with Crippen molar-refractivity contribution in [2.24, 2.45) is 0 Å². The number of rotatable bonds is 4. The first-order chi connectivity index (χ1) is 11.1. The first-order valence-electron chi connectivity index (χ1n) is 7.08.